The van der Waals surface area contributed by atoms with Crippen LogP contribution in [0, 0.1) is 5.92 Å². The highest BCUT2D eigenvalue weighted by atomic mass is 16.5. The van der Waals surface area contributed by atoms with Crippen LogP contribution < -0.4 is 15.4 Å². The molecular weight excluding hydrogens is 348 g/mol. The van der Waals surface area contributed by atoms with Gasteiger partial charge in [0.1, 0.15) is 17.2 Å². The van der Waals surface area contributed by atoms with Gasteiger partial charge in [0.15, 0.2) is 0 Å². The lowest BCUT2D eigenvalue weighted by Gasteiger charge is -2.11. The lowest BCUT2D eigenvalue weighted by atomic mass is 10.2. The Morgan fingerprint density at radius 1 is 1.22 bits per heavy atom. The van der Waals surface area contributed by atoms with Crippen molar-refractivity contribution in [2.24, 2.45) is 5.92 Å². The van der Waals surface area contributed by atoms with E-state index in [1.54, 1.807) is 36.4 Å². The minimum absolute atomic E-state index is 0.0172. The van der Waals surface area contributed by atoms with Crippen LogP contribution in [-0.4, -0.2) is 36.7 Å². The maximum Gasteiger partial charge on any atom is 0.268 e. The Bertz CT molecular complexity index is 764. The van der Waals surface area contributed by atoms with Crippen LogP contribution in [0.5, 0.6) is 5.75 Å². The highest BCUT2D eigenvalue weighted by Gasteiger charge is 2.15. The standard InChI is InChI=1S/C20H24N2O5/c1-14(2)13-27-16-7-5-15(6-8-16)19(24)22-18(20(25)21-9-10-23)12-17-4-3-11-26-17/h3-8,11-12,14,23H,9-10,13H2,1-2H3,(H,21,25)(H,22,24)/b18-12-. The fourth-order valence-electron chi connectivity index (χ4n) is 2.10. The zero-order valence-corrected chi connectivity index (χ0v) is 15.4. The van der Waals surface area contributed by atoms with Crippen molar-refractivity contribution in [1.29, 1.82) is 0 Å². The molecule has 3 N–H and O–H groups in total. The highest BCUT2D eigenvalue weighted by molar-refractivity contribution is 6.05. The van der Waals surface area contributed by atoms with Gasteiger partial charge in [-0.2, -0.15) is 0 Å². The second kappa shape index (κ2) is 10.2. The molecule has 144 valence electrons. The first-order valence-corrected chi connectivity index (χ1v) is 8.68. The lowest BCUT2D eigenvalue weighted by molar-refractivity contribution is -0.117. The molecule has 0 saturated carbocycles. The van der Waals surface area contributed by atoms with Gasteiger partial charge in [0.05, 0.1) is 19.5 Å². The van der Waals surface area contributed by atoms with Crippen molar-refractivity contribution in [2.45, 2.75) is 13.8 Å². The largest absolute Gasteiger partial charge is 0.493 e. The van der Waals surface area contributed by atoms with Crippen molar-refractivity contribution in [2.75, 3.05) is 19.8 Å². The molecule has 0 aliphatic heterocycles. The molecule has 0 aliphatic carbocycles. The second-order valence-corrected chi connectivity index (χ2v) is 6.24. The summed E-state index contributed by atoms with van der Waals surface area (Å²) in [5, 5.41) is 13.9. The maximum atomic E-state index is 12.5. The van der Waals surface area contributed by atoms with Gasteiger partial charge >= 0.3 is 0 Å². The van der Waals surface area contributed by atoms with E-state index < -0.39 is 11.8 Å². The topological polar surface area (TPSA) is 101 Å². The van der Waals surface area contributed by atoms with Gasteiger partial charge in [-0.15, -0.1) is 0 Å². The van der Waals surface area contributed by atoms with Crippen molar-refractivity contribution >= 4 is 17.9 Å². The van der Waals surface area contributed by atoms with Gasteiger partial charge in [-0.3, -0.25) is 9.59 Å². The van der Waals surface area contributed by atoms with E-state index in [4.69, 9.17) is 14.3 Å². The van der Waals surface area contributed by atoms with Gasteiger partial charge in [-0.05, 0) is 42.3 Å². The molecular formula is C20H24N2O5. The summed E-state index contributed by atoms with van der Waals surface area (Å²) in [5.41, 5.74) is 0.399. The Balaban J connectivity index is 2.09. The van der Waals surface area contributed by atoms with Crippen LogP contribution >= 0.6 is 0 Å². The Labute approximate surface area is 158 Å². The van der Waals surface area contributed by atoms with Gasteiger partial charge in [0.25, 0.3) is 11.8 Å². The predicted molar refractivity (Wildman–Crippen MR) is 101 cm³/mol. The fourth-order valence-corrected chi connectivity index (χ4v) is 2.10. The summed E-state index contributed by atoms with van der Waals surface area (Å²) in [5.74, 6) is 0.530. The van der Waals surface area contributed by atoms with E-state index >= 15 is 0 Å². The van der Waals surface area contributed by atoms with Crippen LogP contribution in [0.2, 0.25) is 0 Å². The minimum Gasteiger partial charge on any atom is -0.493 e. The summed E-state index contributed by atoms with van der Waals surface area (Å²) >= 11 is 0. The number of amides is 2. The van der Waals surface area contributed by atoms with Crippen LogP contribution in [0.15, 0.2) is 52.8 Å². The third-order valence-corrected chi connectivity index (χ3v) is 3.42. The third kappa shape index (κ3) is 6.63. The van der Waals surface area contributed by atoms with Crippen molar-refractivity contribution in [1.82, 2.24) is 10.6 Å². The van der Waals surface area contributed by atoms with E-state index in [9.17, 15) is 9.59 Å². The molecule has 0 fully saturated rings. The maximum absolute atomic E-state index is 12.5. The smallest absolute Gasteiger partial charge is 0.268 e. The van der Waals surface area contributed by atoms with Gasteiger partial charge in [-0.25, -0.2) is 0 Å². The summed E-state index contributed by atoms with van der Waals surface area (Å²) in [6.07, 6.45) is 2.89. The molecule has 0 unspecified atom stereocenters. The Hall–Kier alpha value is -3.06. The summed E-state index contributed by atoms with van der Waals surface area (Å²) in [6.45, 7) is 4.57. The molecule has 27 heavy (non-hydrogen) atoms. The van der Waals surface area contributed by atoms with E-state index in [1.165, 1.54) is 12.3 Å². The molecule has 7 heteroatoms. The monoisotopic (exact) mass is 372 g/mol. The molecule has 0 saturated heterocycles. The van der Waals surface area contributed by atoms with Crippen LogP contribution in [0.25, 0.3) is 6.08 Å². The molecule has 0 radical (unpaired) electrons. The highest BCUT2D eigenvalue weighted by Crippen LogP contribution is 2.14. The van der Waals surface area contributed by atoms with Crippen LogP contribution in [-0.2, 0) is 4.79 Å². The number of rotatable bonds is 9. The molecule has 0 aliphatic rings. The minimum atomic E-state index is -0.523. The van der Waals surface area contributed by atoms with Crippen molar-refractivity contribution < 1.29 is 23.8 Å². The van der Waals surface area contributed by atoms with Gasteiger partial charge in [-0.1, -0.05) is 13.8 Å². The average Bonchev–Trinajstić information content (AvgIpc) is 3.17. The number of carbonyl (C=O) groups excluding carboxylic acids is 2. The lowest BCUT2D eigenvalue weighted by Crippen LogP contribution is -2.36. The number of aliphatic hydroxyl groups is 1. The zero-order chi connectivity index (χ0) is 19.6. The Kier molecular flexibility index (Phi) is 7.63. The predicted octanol–water partition coefficient (Wildman–Crippen LogP) is 2.19. The molecule has 1 heterocycles. The normalized spacial score (nSPS) is 11.3. The van der Waals surface area contributed by atoms with Gasteiger partial charge in [0, 0.05) is 18.2 Å². The zero-order valence-electron chi connectivity index (χ0n) is 15.4. The Morgan fingerprint density at radius 2 is 1.96 bits per heavy atom. The molecule has 2 aromatic rings. The van der Waals surface area contributed by atoms with E-state index in [1.807, 2.05) is 0 Å². The third-order valence-electron chi connectivity index (χ3n) is 3.42. The molecule has 0 atom stereocenters. The quantitative estimate of drug-likeness (QED) is 0.586. The fraction of sp³-hybridized carbons (Fsp3) is 0.300. The average molecular weight is 372 g/mol. The number of furan rings is 1. The van der Waals surface area contributed by atoms with E-state index in [-0.39, 0.29) is 18.8 Å². The van der Waals surface area contributed by atoms with Crippen molar-refractivity contribution in [3.63, 3.8) is 0 Å². The number of nitrogens with one attached hydrogen (secondary N) is 2. The van der Waals surface area contributed by atoms with Crippen molar-refractivity contribution in [3.05, 3.63) is 59.7 Å². The summed E-state index contributed by atoms with van der Waals surface area (Å²) in [6, 6.07) is 10.00. The number of hydrogen-bond donors (Lipinski definition) is 3. The first-order chi connectivity index (χ1) is 13.0. The molecule has 2 amide bonds. The van der Waals surface area contributed by atoms with Gasteiger partial charge in [0.2, 0.25) is 0 Å². The summed E-state index contributed by atoms with van der Waals surface area (Å²) < 4.78 is 10.8. The number of benzene rings is 1. The number of carbonyl (C=O) groups is 2. The first kappa shape index (κ1) is 20.3. The van der Waals surface area contributed by atoms with Crippen LogP contribution in [0.1, 0.15) is 30.0 Å². The molecule has 1 aromatic carbocycles. The Morgan fingerprint density at radius 3 is 2.56 bits per heavy atom. The summed E-state index contributed by atoms with van der Waals surface area (Å²) in [4.78, 5) is 24.7. The summed E-state index contributed by atoms with van der Waals surface area (Å²) in [7, 11) is 0. The van der Waals surface area contributed by atoms with Crippen molar-refractivity contribution in [3.8, 4) is 5.75 Å². The van der Waals surface area contributed by atoms with E-state index in [0.717, 1.165) is 0 Å². The number of hydrogen-bond acceptors (Lipinski definition) is 5. The number of aliphatic hydroxyl groups excluding tert-OH is 1. The van der Waals surface area contributed by atoms with E-state index in [2.05, 4.69) is 24.5 Å². The SMILES string of the molecule is CC(C)COc1ccc(C(=O)N/C(=C\c2ccco2)C(=O)NCCO)cc1. The second-order valence-electron chi connectivity index (χ2n) is 6.24. The molecule has 0 spiro atoms. The molecule has 1 aromatic heterocycles. The first-order valence-electron chi connectivity index (χ1n) is 8.68. The molecule has 7 nitrogen and oxygen atoms in total. The molecule has 2 rings (SSSR count). The van der Waals surface area contributed by atoms with E-state index in [0.29, 0.717) is 29.6 Å². The molecule has 0 bridgehead atoms. The van der Waals surface area contributed by atoms with Crippen LogP contribution in [0.3, 0.4) is 0 Å². The number of ether oxygens (including phenoxy) is 1. The van der Waals surface area contributed by atoms with Crippen LogP contribution in [0.4, 0.5) is 0 Å². The van der Waals surface area contributed by atoms with Gasteiger partial charge < -0.3 is 24.9 Å².